The van der Waals surface area contributed by atoms with Gasteiger partial charge >= 0.3 is 12.0 Å². The Bertz CT molecular complexity index is 403. The van der Waals surface area contributed by atoms with Crippen molar-refractivity contribution in [2.45, 2.75) is 64.6 Å². The van der Waals surface area contributed by atoms with Crippen molar-refractivity contribution in [3.05, 3.63) is 0 Å². The third kappa shape index (κ3) is 4.60. The van der Waals surface area contributed by atoms with Gasteiger partial charge in [-0.05, 0) is 52.4 Å². The van der Waals surface area contributed by atoms with E-state index >= 15 is 0 Å². The van der Waals surface area contributed by atoms with Gasteiger partial charge in [0.15, 0.2) is 0 Å². The van der Waals surface area contributed by atoms with E-state index in [1.54, 1.807) is 0 Å². The number of rotatable bonds is 8. The second kappa shape index (κ2) is 7.31. The molecular formula is C16H29N3O3. The van der Waals surface area contributed by atoms with Crippen LogP contribution in [0.4, 0.5) is 4.79 Å². The van der Waals surface area contributed by atoms with Crippen LogP contribution in [0, 0.1) is 5.92 Å². The summed E-state index contributed by atoms with van der Waals surface area (Å²) in [4.78, 5) is 27.1. The van der Waals surface area contributed by atoms with Crippen LogP contribution in [0.5, 0.6) is 0 Å². The molecule has 2 saturated carbocycles. The van der Waals surface area contributed by atoms with E-state index in [2.05, 4.69) is 10.2 Å². The summed E-state index contributed by atoms with van der Waals surface area (Å²) in [5.41, 5.74) is 0. The molecule has 2 amide bonds. The van der Waals surface area contributed by atoms with E-state index in [1.807, 2.05) is 25.7 Å². The van der Waals surface area contributed by atoms with Crippen LogP contribution in [0.1, 0.15) is 46.5 Å². The van der Waals surface area contributed by atoms with Crippen molar-refractivity contribution in [3.63, 3.8) is 0 Å². The smallest absolute Gasteiger partial charge is 0.317 e. The molecule has 6 nitrogen and oxygen atoms in total. The van der Waals surface area contributed by atoms with Crippen molar-refractivity contribution < 1.29 is 14.7 Å². The molecule has 2 rings (SSSR count). The molecule has 6 heteroatoms. The zero-order valence-corrected chi connectivity index (χ0v) is 13.9. The van der Waals surface area contributed by atoms with Crippen LogP contribution >= 0.6 is 0 Å². The molecule has 0 aromatic rings. The molecule has 0 aromatic heterocycles. The highest BCUT2D eigenvalue weighted by molar-refractivity contribution is 5.75. The number of carbonyl (C=O) groups is 2. The zero-order chi connectivity index (χ0) is 16.3. The van der Waals surface area contributed by atoms with Gasteiger partial charge in [-0.15, -0.1) is 0 Å². The summed E-state index contributed by atoms with van der Waals surface area (Å²) in [5.74, 6) is -0.0744. The summed E-state index contributed by atoms with van der Waals surface area (Å²) >= 11 is 0. The lowest BCUT2D eigenvalue weighted by atomic mass is 9.85. The number of carboxylic acids is 1. The Hall–Kier alpha value is -1.30. The van der Waals surface area contributed by atoms with Crippen molar-refractivity contribution in [1.82, 2.24) is 15.1 Å². The van der Waals surface area contributed by atoms with Crippen molar-refractivity contribution in [1.29, 1.82) is 0 Å². The van der Waals surface area contributed by atoms with Gasteiger partial charge in [0.05, 0.1) is 6.54 Å². The first kappa shape index (κ1) is 17.1. The third-order valence-electron chi connectivity index (χ3n) is 4.71. The molecular weight excluding hydrogens is 282 g/mol. The van der Waals surface area contributed by atoms with Gasteiger partial charge in [-0.2, -0.15) is 0 Å². The number of nitrogens with one attached hydrogen (secondary N) is 1. The van der Waals surface area contributed by atoms with E-state index in [1.165, 1.54) is 12.8 Å². The normalized spacial score (nSPS) is 24.2. The molecule has 0 aromatic carbocycles. The molecule has 0 saturated heterocycles. The van der Waals surface area contributed by atoms with Crippen molar-refractivity contribution in [2.75, 3.05) is 19.6 Å². The van der Waals surface area contributed by atoms with Gasteiger partial charge in [0.25, 0.3) is 0 Å². The van der Waals surface area contributed by atoms with Crippen LogP contribution in [0.25, 0.3) is 0 Å². The first-order chi connectivity index (χ1) is 10.4. The fourth-order valence-corrected chi connectivity index (χ4v) is 3.15. The van der Waals surface area contributed by atoms with E-state index in [0.717, 1.165) is 19.4 Å². The summed E-state index contributed by atoms with van der Waals surface area (Å²) in [6.45, 7) is 7.72. The van der Waals surface area contributed by atoms with Gasteiger partial charge in [0.2, 0.25) is 0 Å². The maximum atomic E-state index is 12.2. The molecule has 0 aliphatic heterocycles. The van der Waals surface area contributed by atoms with Crippen LogP contribution in [-0.2, 0) is 4.79 Å². The van der Waals surface area contributed by atoms with Gasteiger partial charge in [-0.3, -0.25) is 9.69 Å². The van der Waals surface area contributed by atoms with Crippen LogP contribution in [0.15, 0.2) is 0 Å². The average molecular weight is 311 g/mol. The van der Waals surface area contributed by atoms with Crippen molar-refractivity contribution in [2.24, 2.45) is 5.92 Å². The number of amides is 2. The van der Waals surface area contributed by atoms with Crippen molar-refractivity contribution in [3.8, 4) is 0 Å². The van der Waals surface area contributed by atoms with E-state index in [4.69, 9.17) is 5.11 Å². The maximum absolute atomic E-state index is 12.2. The molecule has 126 valence electrons. The molecule has 0 bridgehead atoms. The molecule has 0 atom stereocenters. The summed E-state index contributed by atoms with van der Waals surface area (Å²) in [6, 6.07) is 0.670. The Labute approximate surface area is 132 Å². The summed E-state index contributed by atoms with van der Waals surface area (Å²) in [7, 11) is 0. The number of carbonyl (C=O) groups excluding carboxylic acids is 1. The Morgan fingerprint density at radius 1 is 1.27 bits per heavy atom. The second-order valence-electron chi connectivity index (χ2n) is 6.92. The molecule has 2 aliphatic rings. The van der Waals surface area contributed by atoms with Gasteiger partial charge in [-0.1, -0.05) is 0 Å². The highest BCUT2D eigenvalue weighted by Gasteiger charge is 2.38. The first-order valence-corrected chi connectivity index (χ1v) is 8.43. The number of urea groups is 1. The molecule has 0 spiro atoms. The average Bonchev–Trinajstić information content (AvgIpc) is 3.16. The highest BCUT2D eigenvalue weighted by Crippen LogP contribution is 2.33. The molecule has 0 radical (unpaired) electrons. The van der Waals surface area contributed by atoms with E-state index in [9.17, 15) is 9.59 Å². The molecule has 2 aliphatic carbocycles. The van der Waals surface area contributed by atoms with Crippen molar-refractivity contribution >= 4 is 12.0 Å². The minimum atomic E-state index is -0.759. The van der Waals surface area contributed by atoms with E-state index in [0.29, 0.717) is 18.5 Å². The molecule has 0 unspecified atom stereocenters. The minimum absolute atomic E-state index is 0.00655. The molecule has 2 fully saturated rings. The Kier molecular flexibility index (Phi) is 5.67. The highest BCUT2D eigenvalue weighted by atomic mass is 16.4. The quantitative estimate of drug-likeness (QED) is 0.716. The lowest BCUT2D eigenvalue weighted by Crippen LogP contribution is -2.57. The lowest BCUT2D eigenvalue weighted by Gasteiger charge is -2.43. The van der Waals surface area contributed by atoms with Gasteiger partial charge in [0, 0.05) is 31.2 Å². The molecule has 0 heterocycles. The number of hydrogen-bond acceptors (Lipinski definition) is 3. The fraction of sp³-hybridized carbons (Fsp3) is 0.875. The minimum Gasteiger partial charge on any atom is -0.480 e. The number of carboxylic acid groups (broad SMARTS) is 1. The largest absolute Gasteiger partial charge is 0.480 e. The Balaban J connectivity index is 1.77. The maximum Gasteiger partial charge on any atom is 0.317 e. The Morgan fingerprint density at radius 2 is 1.91 bits per heavy atom. The second-order valence-corrected chi connectivity index (χ2v) is 6.92. The summed E-state index contributed by atoms with van der Waals surface area (Å²) in [5, 5.41) is 12.1. The SMILES string of the molecule is CCN(C(=O)NC1CC(N(CC(=O)O)CC2CC2)C1)C(C)C. The predicted molar refractivity (Wildman–Crippen MR) is 84.8 cm³/mol. The van der Waals surface area contributed by atoms with Gasteiger partial charge in [0.1, 0.15) is 0 Å². The van der Waals surface area contributed by atoms with Crippen LogP contribution < -0.4 is 5.32 Å². The number of nitrogens with zero attached hydrogens (tertiary/aromatic N) is 2. The fourth-order valence-electron chi connectivity index (χ4n) is 3.15. The third-order valence-corrected chi connectivity index (χ3v) is 4.71. The van der Waals surface area contributed by atoms with Gasteiger partial charge < -0.3 is 15.3 Å². The zero-order valence-electron chi connectivity index (χ0n) is 13.9. The first-order valence-electron chi connectivity index (χ1n) is 8.43. The van der Waals surface area contributed by atoms with Crippen LogP contribution in [0.3, 0.4) is 0 Å². The predicted octanol–water partition coefficient (Wildman–Crippen LogP) is 1.75. The lowest BCUT2D eigenvalue weighted by molar-refractivity contribution is -0.139. The standard InChI is InChI=1S/C16H29N3O3/c1-4-19(11(2)3)16(22)17-13-7-14(8-13)18(10-15(20)21)9-12-5-6-12/h11-14H,4-10H2,1-3H3,(H,17,22)(H,20,21). The van der Waals surface area contributed by atoms with Crippen LogP contribution in [0.2, 0.25) is 0 Å². The number of hydrogen-bond donors (Lipinski definition) is 2. The topological polar surface area (TPSA) is 72.9 Å². The monoisotopic (exact) mass is 311 g/mol. The Morgan fingerprint density at radius 3 is 2.36 bits per heavy atom. The molecule has 22 heavy (non-hydrogen) atoms. The molecule has 2 N–H and O–H groups in total. The summed E-state index contributed by atoms with van der Waals surface area (Å²) in [6.07, 6.45) is 4.18. The number of aliphatic carboxylic acids is 1. The summed E-state index contributed by atoms with van der Waals surface area (Å²) < 4.78 is 0. The van der Waals surface area contributed by atoms with E-state index in [-0.39, 0.29) is 24.7 Å². The van der Waals surface area contributed by atoms with E-state index < -0.39 is 5.97 Å². The van der Waals surface area contributed by atoms with Crippen LogP contribution in [-0.4, -0.2) is 64.7 Å². The van der Waals surface area contributed by atoms with Gasteiger partial charge in [-0.25, -0.2) is 4.79 Å².